The quantitative estimate of drug-likeness (QED) is 0.748. The highest BCUT2D eigenvalue weighted by molar-refractivity contribution is 5.96. The third kappa shape index (κ3) is 2.99. The fourth-order valence-electron chi connectivity index (χ4n) is 3.84. The Morgan fingerprint density at radius 1 is 1.38 bits per heavy atom. The number of rotatable bonds is 3. The first-order chi connectivity index (χ1) is 12.5. The normalized spacial score (nSPS) is 33.1. The van der Waals surface area contributed by atoms with Crippen molar-refractivity contribution in [3.05, 3.63) is 30.0 Å². The van der Waals surface area contributed by atoms with Gasteiger partial charge in [0.25, 0.3) is 0 Å². The third-order valence-corrected chi connectivity index (χ3v) is 5.68. The van der Waals surface area contributed by atoms with E-state index < -0.39 is 17.8 Å². The summed E-state index contributed by atoms with van der Waals surface area (Å²) in [6, 6.07) is 0.240. The smallest absolute Gasteiger partial charge is 0.214 e. The van der Waals surface area contributed by atoms with E-state index in [4.69, 9.17) is 5.73 Å². The first-order valence-corrected chi connectivity index (χ1v) is 9.13. The van der Waals surface area contributed by atoms with Gasteiger partial charge in [0.15, 0.2) is 11.7 Å². The van der Waals surface area contributed by atoms with Crippen molar-refractivity contribution in [2.45, 2.75) is 49.7 Å². The number of aliphatic imine (C=N–C) groups is 1. The molecule has 7 nitrogen and oxygen atoms in total. The van der Waals surface area contributed by atoms with Gasteiger partial charge in [-0.15, -0.1) is 0 Å². The minimum atomic E-state index is -1.33. The number of alkyl halides is 1. The first-order valence-electron chi connectivity index (χ1n) is 9.13. The van der Waals surface area contributed by atoms with Crippen LogP contribution in [0.5, 0.6) is 0 Å². The fourth-order valence-corrected chi connectivity index (χ4v) is 3.84. The second-order valence-electron chi connectivity index (χ2n) is 7.27. The van der Waals surface area contributed by atoms with Crippen LogP contribution in [0.1, 0.15) is 37.3 Å². The summed E-state index contributed by atoms with van der Waals surface area (Å²) in [5, 5.41) is 9.74. The van der Waals surface area contributed by atoms with Crippen molar-refractivity contribution in [1.82, 2.24) is 25.3 Å². The lowest BCUT2D eigenvalue weighted by Crippen LogP contribution is -2.50. The Balaban J connectivity index is 1.49. The van der Waals surface area contributed by atoms with Crippen molar-refractivity contribution in [2.24, 2.45) is 10.7 Å². The molecule has 1 aliphatic carbocycles. The zero-order valence-electron chi connectivity index (χ0n) is 14.8. The van der Waals surface area contributed by atoms with Gasteiger partial charge in [0, 0.05) is 38.6 Å². The predicted molar refractivity (Wildman–Crippen MR) is 94.7 cm³/mol. The standard InChI is InChI=1S/C17H25F2N7/c1-21-16-13(18)8-22-17(20,24-16)11-7-23-26(9-11)15-5-6-25(10-14(15)19)12-3-2-4-12/h7-9,12,14-15,22H,2-6,10,20H2,1H3,(H,21,24)/t14-,15-,17?/m1/s1. The molecular formula is C17H25F2N7. The Morgan fingerprint density at radius 2 is 2.19 bits per heavy atom. The largest absolute Gasteiger partial charge is 0.371 e. The maximum absolute atomic E-state index is 14.8. The van der Waals surface area contributed by atoms with Crippen LogP contribution in [-0.2, 0) is 5.79 Å². The third-order valence-electron chi connectivity index (χ3n) is 5.68. The molecule has 142 valence electrons. The molecule has 1 aromatic heterocycles. The SMILES string of the molecule is CNC1=NC(N)(c2cnn([C@@H]3CCN(C4CCC4)C[C@H]3F)c2)NC=C1F. The van der Waals surface area contributed by atoms with Crippen molar-refractivity contribution in [1.29, 1.82) is 0 Å². The van der Waals surface area contributed by atoms with E-state index in [2.05, 4.69) is 25.6 Å². The molecular weight excluding hydrogens is 340 g/mol. The van der Waals surface area contributed by atoms with E-state index in [-0.39, 0.29) is 11.9 Å². The molecule has 1 aromatic rings. The molecule has 9 heteroatoms. The number of amidine groups is 1. The zero-order valence-corrected chi connectivity index (χ0v) is 14.8. The molecule has 26 heavy (non-hydrogen) atoms. The molecule has 2 fully saturated rings. The van der Waals surface area contributed by atoms with Crippen molar-refractivity contribution in [3.63, 3.8) is 0 Å². The fraction of sp³-hybridized carbons (Fsp3) is 0.647. The van der Waals surface area contributed by atoms with Gasteiger partial charge in [-0.2, -0.15) is 5.10 Å². The number of likely N-dealkylation sites (N-methyl/N-ethyl adjacent to an activating group) is 1. The molecule has 1 saturated carbocycles. The molecule has 1 saturated heterocycles. The average molecular weight is 365 g/mol. The van der Waals surface area contributed by atoms with Crippen LogP contribution < -0.4 is 16.4 Å². The molecule has 0 aromatic carbocycles. The lowest BCUT2D eigenvalue weighted by atomic mass is 9.89. The van der Waals surface area contributed by atoms with E-state index in [1.165, 1.54) is 25.5 Å². The van der Waals surface area contributed by atoms with Crippen LogP contribution in [0.25, 0.3) is 0 Å². The lowest BCUT2D eigenvalue weighted by Gasteiger charge is -2.43. The topological polar surface area (TPSA) is 83.5 Å². The van der Waals surface area contributed by atoms with Crippen molar-refractivity contribution < 1.29 is 8.78 Å². The molecule has 0 bridgehead atoms. The lowest BCUT2D eigenvalue weighted by molar-refractivity contribution is 0.0301. The molecule has 4 rings (SSSR count). The van der Waals surface area contributed by atoms with Gasteiger partial charge in [0.2, 0.25) is 5.79 Å². The number of piperidine rings is 1. The van der Waals surface area contributed by atoms with Gasteiger partial charge >= 0.3 is 0 Å². The van der Waals surface area contributed by atoms with Crippen molar-refractivity contribution >= 4 is 5.84 Å². The summed E-state index contributed by atoms with van der Waals surface area (Å²) in [6.45, 7) is 1.33. The molecule has 3 aliphatic rings. The summed E-state index contributed by atoms with van der Waals surface area (Å²) in [5.41, 5.74) is 6.83. The van der Waals surface area contributed by atoms with Gasteiger partial charge in [0.05, 0.1) is 17.8 Å². The van der Waals surface area contributed by atoms with Crippen LogP contribution in [0, 0.1) is 0 Å². The van der Waals surface area contributed by atoms with Crippen LogP contribution in [0.15, 0.2) is 29.4 Å². The number of halogens is 2. The van der Waals surface area contributed by atoms with Crippen LogP contribution in [0.3, 0.4) is 0 Å². The summed E-state index contributed by atoms with van der Waals surface area (Å²) < 4.78 is 30.1. The van der Waals surface area contributed by atoms with Crippen LogP contribution >= 0.6 is 0 Å². The second-order valence-corrected chi connectivity index (χ2v) is 7.27. The highest BCUT2D eigenvalue weighted by Gasteiger charge is 2.37. The molecule has 1 unspecified atom stereocenters. The Hall–Kier alpha value is -2.00. The minimum absolute atomic E-state index is 0.0659. The number of nitrogens with two attached hydrogens (primary N) is 1. The Morgan fingerprint density at radius 3 is 2.85 bits per heavy atom. The number of hydrogen-bond acceptors (Lipinski definition) is 6. The molecule has 3 atom stereocenters. The average Bonchev–Trinajstić information content (AvgIpc) is 3.06. The summed E-state index contributed by atoms with van der Waals surface area (Å²) in [4.78, 5) is 6.45. The van der Waals surface area contributed by atoms with Crippen LogP contribution in [0.2, 0.25) is 0 Å². The Labute approximate surface area is 151 Å². The van der Waals surface area contributed by atoms with Crippen LogP contribution in [-0.4, -0.2) is 52.9 Å². The van der Waals surface area contributed by atoms with Gasteiger partial charge < -0.3 is 10.6 Å². The van der Waals surface area contributed by atoms with E-state index >= 15 is 0 Å². The number of nitrogens with one attached hydrogen (secondary N) is 2. The predicted octanol–water partition coefficient (Wildman–Crippen LogP) is 1.12. The summed E-state index contributed by atoms with van der Waals surface area (Å²) in [6.07, 6.45) is 7.79. The van der Waals surface area contributed by atoms with Crippen molar-refractivity contribution in [3.8, 4) is 0 Å². The van der Waals surface area contributed by atoms with E-state index in [9.17, 15) is 8.78 Å². The molecule has 0 amide bonds. The number of likely N-dealkylation sites (tertiary alicyclic amines) is 1. The molecule has 0 radical (unpaired) electrons. The summed E-state index contributed by atoms with van der Waals surface area (Å²) in [5.74, 6) is -1.78. The first kappa shape index (κ1) is 17.4. The molecule has 0 spiro atoms. The summed E-state index contributed by atoms with van der Waals surface area (Å²) >= 11 is 0. The highest BCUT2D eigenvalue weighted by atomic mass is 19.1. The van der Waals surface area contributed by atoms with Crippen molar-refractivity contribution in [2.75, 3.05) is 20.1 Å². The van der Waals surface area contributed by atoms with Crippen LogP contribution in [0.4, 0.5) is 8.78 Å². The van der Waals surface area contributed by atoms with Gasteiger partial charge in [0.1, 0.15) is 6.17 Å². The second kappa shape index (κ2) is 6.62. The maximum atomic E-state index is 14.8. The van der Waals surface area contributed by atoms with Gasteiger partial charge in [-0.05, 0) is 19.3 Å². The number of hydrogen-bond donors (Lipinski definition) is 3. The Kier molecular flexibility index (Phi) is 4.44. The zero-order chi connectivity index (χ0) is 18.3. The molecule has 2 aliphatic heterocycles. The maximum Gasteiger partial charge on any atom is 0.214 e. The molecule has 4 N–H and O–H groups in total. The van der Waals surface area contributed by atoms with E-state index in [1.807, 2.05) is 0 Å². The Bertz CT molecular complexity index is 726. The highest BCUT2D eigenvalue weighted by Crippen LogP contribution is 2.32. The molecule has 3 heterocycles. The number of aromatic nitrogens is 2. The summed E-state index contributed by atoms with van der Waals surface area (Å²) in [7, 11) is 1.57. The number of nitrogens with zero attached hydrogens (tertiary/aromatic N) is 4. The van der Waals surface area contributed by atoms with E-state index in [0.717, 1.165) is 6.54 Å². The van der Waals surface area contributed by atoms with E-state index in [0.29, 0.717) is 24.6 Å². The van der Waals surface area contributed by atoms with E-state index in [1.54, 1.807) is 24.1 Å². The van der Waals surface area contributed by atoms with Gasteiger partial charge in [-0.25, -0.2) is 13.8 Å². The monoisotopic (exact) mass is 365 g/mol. The minimum Gasteiger partial charge on any atom is -0.371 e. The van der Waals surface area contributed by atoms with Gasteiger partial charge in [-0.3, -0.25) is 15.3 Å². The van der Waals surface area contributed by atoms with Gasteiger partial charge in [-0.1, -0.05) is 6.42 Å².